The highest BCUT2D eigenvalue weighted by Crippen LogP contribution is 2.36. The second-order valence-electron chi connectivity index (χ2n) is 9.53. The number of aliphatic imine (C=N–C) groups is 2. The summed E-state index contributed by atoms with van der Waals surface area (Å²) in [6.45, 7) is 4.06. The van der Waals surface area contributed by atoms with E-state index >= 15 is 0 Å². The maximum atomic E-state index is 13.6. The van der Waals surface area contributed by atoms with Crippen molar-refractivity contribution in [2.24, 2.45) is 9.98 Å². The third kappa shape index (κ3) is 5.96. The number of nitrogens with one attached hydrogen (secondary N) is 2. The quantitative estimate of drug-likeness (QED) is 0.409. The van der Waals surface area contributed by atoms with Crippen LogP contribution in [0.15, 0.2) is 82.8 Å². The molecule has 0 saturated heterocycles. The van der Waals surface area contributed by atoms with Crippen LogP contribution < -0.4 is 10.6 Å². The van der Waals surface area contributed by atoms with Gasteiger partial charge in [-0.25, -0.2) is 14.3 Å². The van der Waals surface area contributed by atoms with Crippen LogP contribution in [-0.2, 0) is 20.9 Å². The van der Waals surface area contributed by atoms with Gasteiger partial charge in [0.1, 0.15) is 17.7 Å². The van der Waals surface area contributed by atoms with E-state index in [1.54, 1.807) is 12.1 Å². The summed E-state index contributed by atoms with van der Waals surface area (Å²) in [4.78, 5) is 50.2. The molecule has 0 fully saturated rings. The molecule has 3 aromatic carbocycles. The number of para-hydroxylation sites is 1. The third-order valence-corrected chi connectivity index (χ3v) is 7.84. The minimum atomic E-state index is -0.929. The summed E-state index contributed by atoms with van der Waals surface area (Å²) in [5.74, 6) is -0.852. The molecule has 204 valence electrons. The van der Waals surface area contributed by atoms with Crippen LogP contribution in [0.2, 0.25) is 0 Å². The van der Waals surface area contributed by atoms with Gasteiger partial charge in [-0.2, -0.15) is 0 Å². The van der Waals surface area contributed by atoms with Gasteiger partial charge in [-0.1, -0.05) is 55.1 Å². The number of amidine groups is 2. The van der Waals surface area contributed by atoms with Gasteiger partial charge in [0.25, 0.3) is 5.91 Å². The number of aryl methyl sites for hydroxylation is 1. The molecular formula is C30H28FN5O3S. The summed E-state index contributed by atoms with van der Waals surface area (Å²) in [5.41, 5.74) is 3.80. The lowest BCUT2D eigenvalue weighted by Gasteiger charge is -2.27. The van der Waals surface area contributed by atoms with E-state index in [4.69, 9.17) is 4.99 Å². The van der Waals surface area contributed by atoms with E-state index in [1.165, 1.54) is 28.8 Å². The maximum absolute atomic E-state index is 13.6. The summed E-state index contributed by atoms with van der Waals surface area (Å²) in [5, 5.41) is 5.56. The van der Waals surface area contributed by atoms with Crippen molar-refractivity contribution in [1.29, 1.82) is 0 Å². The second kappa shape index (κ2) is 11.8. The molecule has 2 aliphatic heterocycles. The number of carbonyl (C=O) groups is 3. The minimum absolute atomic E-state index is 0.148. The Labute approximate surface area is 235 Å². The lowest BCUT2D eigenvalue weighted by Crippen LogP contribution is -2.43. The average molecular weight is 558 g/mol. The number of benzene rings is 3. The molecule has 0 aromatic heterocycles. The van der Waals surface area contributed by atoms with Crippen LogP contribution in [0.5, 0.6) is 0 Å². The van der Waals surface area contributed by atoms with Crippen molar-refractivity contribution >= 4 is 51.9 Å². The van der Waals surface area contributed by atoms with Crippen molar-refractivity contribution < 1.29 is 18.8 Å². The first kappa shape index (κ1) is 27.3. The van der Waals surface area contributed by atoms with Gasteiger partial charge in [0.2, 0.25) is 11.8 Å². The topological polar surface area (TPSA) is 103 Å². The SMILES string of the molecule is CC[C@H](SC1=Nc2ccccc2C2=N[C@@H](CC(=O)NCc3ccc(F)cc3)C(=O)N12)C(=O)Nc1cccc(C)c1. The number of fused-ring (bicyclic) bond motifs is 3. The van der Waals surface area contributed by atoms with Crippen molar-refractivity contribution in [3.8, 4) is 0 Å². The van der Waals surface area contributed by atoms with E-state index in [0.717, 1.165) is 11.1 Å². The van der Waals surface area contributed by atoms with Crippen molar-refractivity contribution in [2.75, 3.05) is 5.32 Å². The number of amides is 3. The van der Waals surface area contributed by atoms with E-state index < -0.39 is 11.3 Å². The Morgan fingerprint density at radius 1 is 1.07 bits per heavy atom. The van der Waals surface area contributed by atoms with Crippen molar-refractivity contribution in [3.05, 3.63) is 95.3 Å². The number of rotatable bonds is 8. The first-order valence-electron chi connectivity index (χ1n) is 13.0. The summed E-state index contributed by atoms with van der Waals surface area (Å²) in [6, 6.07) is 19.8. The van der Waals surface area contributed by atoms with E-state index in [1.807, 2.05) is 62.4 Å². The van der Waals surface area contributed by atoms with Gasteiger partial charge in [-0.05, 0) is 60.9 Å². The zero-order valence-electron chi connectivity index (χ0n) is 22.1. The van der Waals surface area contributed by atoms with Crippen LogP contribution in [0.25, 0.3) is 0 Å². The van der Waals surface area contributed by atoms with Crippen LogP contribution >= 0.6 is 11.8 Å². The van der Waals surface area contributed by atoms with Gasteiger partial charge in [0.05, 0.1) is 17.4 Å². The molecule has 2 heterocycles. The van der Waals surface area contributed by atoms with Crippen LogP contribution in [0, 0.1) is 12.7 Å². The summed E-state index contributed by atoms with van der Waals surface area (Å²) >= 11 is 1.20. The molecule has 0 spiro atoms. The van der Waals surface area contributed by atoms with Gasteiger partial charge in [-0.3, -0.25) is 19.4 Å². The van der Waals surface area contributed by atoms with E-state index in [0.29, 0.717) is 34.4 Å². The van der Waals surface area contributed by atoms with E-state index in [9.17, 15) is 18.8 Å². The number of carbonyl (C=O) groups excluding carboxylic acids is 3. The van der Waals surface area contributed by atoms with Gasteiger partial charge in [-0.15, -0.1) is 0 Å². The number of hydrogen-bond donors (Lipinski definition) is 2. The highest BCUT2D eigenvalue weighted by Gasteiger charge is 2.43. The second-order valence-corrected chi connectivity index (χ2v) is 10.7. The van der Waals surface area contributed by atoms with Gasteiger partial charge < -0.3 is 10.6 Å². The largest absolute Gasteiger partial charge is 0.352 e. The lowest BCUT2D eigenvalue weighted by atomic mass is 10.1. The Morgan fingerprint density at radius 2 is 1.85 bits per heavy atom. The first-order valence-corrected chi connectivity index (χ1v) is 13.9. The first-order chi connectivity index (χ1) is 19.3. The molecule has 0 radical (unpaired) electrons. The van der Waals surface area contributed by atoms with Gasteiger partial charge in [0.15, 0.2) is 5.17 Å². The third-order valence-electron chi connectivity index (χ3n) is 6.53. The molecule has 0 aliphatic carbocycles. The van der Waals surface area contributed by atoms with Crippen LogP contribution in [0.3, 0.4) is 0 Å². The predicted molar refractivity (Wildman–Crippen MR) is 155 cm³/mol. The number of thioether (sulfide) groups is 1. The molecule has 10 heteroatoms. The summed E-state index contributed by atoms with van der Waals surface area (Å²) in [7, 11) is 0. The number of halogens is 1. The molecule has 40 heavy (non-hydrogen) atoms. The van der Waals surface area contributed by atoms with E-state index in [2.05, 4.69) is 15.6 Å². The zero-order chi connectivity index (χ0) is 28.2. The van der Waals surface area contributed by atoms with Crippen LogP contribution in [-0.4, -0.2) is 44.9 Å². The predicted octanol–water partition coefficient (Wildman–Crippen LogP) is 4.95. The molecule has 3 amide bonds. The van der Waals surface area contributed by atoms with Crippen molar-refractivity contribution in [2.45, 2.75) is 44.5 Å². The van der Waals surface area contributed by atoms with Crippen LogP contribution in [0.1, 0.15) is 36.5 Å². The average Bonchev–Trinajstić information content (AvgIpc) is 3.27. The summed E-state index contributed by atoms with van der Waals surface area (Å²) < 4.78 is 13.2. The number of nitrogens with zero attached hydrogens (tertiary/aromatic N) is 3. The Balaban J connectivity index is 1.32. The molecule has 0 unspecified atom stereocenters. The molecular weight excluding hydrogens is 529 g/mol. The molecule has 2 aliphatic rings. The number of anilines is 1. The number of hydrogen-bond acceptors (Lipinski definition) is 6. The Bertz CT molecular complexity index is 1520. The Kier molecular flexibility index (Phi) is 8.06. The molecule has 2 N–H and O–H groups in total. The standard InChI is InChI=1S/C30H28FN5O3S/c1-3-25(28(38)33-21-8-6-7-18(2)15-21)40-30-35-23-10-5-4-9-22(23)27-34-24(29(39)36(27)30)16-26(37)32-17-19-11-13-20(31)14-12-19/h4-15,24-25H,3,16-17H2,1-2H3,(H,32,37)(H,33,38)/t24-,25-/m0/s1. The molecule has 0 bridgehead atoms. The highest BCUT2D eigenvalue weighted by molar-refractivity contribution is 8.15. The molecule has 0 saturated carbocycles. The minimum Gasteiger partial charge on any atom is -0.352 e. The lowest BCUT2D eigenvalue weighted by molar-refractivity contribution is -0.128. The molecule has 3 aromatic rings. The summed E-state index contributed by atoms with van der Waals surface area (Å²) in [6.07, 6.45) is 0.359. The van der Waals surface area contributed by atoms with Crippen molar-refractivity contribution in [3.63, 3.8) is 0 Å². The molecule has 5 rings (SSSR count). The fraction of sp³-hybridized carbons (Fsp3) is 0.233. The Morgan fingerprint density at radius 3 is 2.60 bits per heavy atom. The van der Waals surface area contributed by atoms with Crippen LogP contribution in [0.4, 0.5) is 15.8 Å². The molecule has 2 atom stereocenters. The fourth-order valence-electron chi connectivity index (χ4n) is 4.46. The van der Waals surface area contributed by atoms with Crippen molar-refractivity contribution in [1.82, 2.24) is 10.2 Å². The highest BCUT2D eigenvalue weighted by atomic mass is 32.2. The fourth-order valence-corrected chi connectivity index (χ4v) is 5.48. The van der Waals surface area contributed by atoms with E-state index in [-0.39, 0.29) is 36.5 Å². The monoisotopic (exact) mass is 557 g/mol. The molecule has 8 nitrogen and oxygen atoms in total. The Hall–Kier alpha value is -4.31. The smallest absolute Gasteiger partial charge is 0.259 e. The maximum Gasteiger partial charge on any atom is 0.259 e. The zero-order valence-corrected chi connectivity index (χ0v) is 22.9. The van der Waals surface area contributed by atoms with Gasteiger partial charge >= 0.3 is 0 Å². The normalized spacial score (nSPS) is 16.4. The van der Waals surface area contributed by atoms with Gasteiger partial charge in [0, 0.05) is 17.8 Å².